The Bertz CT molecular complexity index is 980. The highest BCUT2D eigenvalue weighted by Gasteiger charge is 2.25. The van der Waals surface area contributed by atoms with Gasteiger partial charge >= 0.3 is 5.97 Å². The Morgan fingerprint density at radius 2 is 1.82 bits per heavy atom. The molecule has 0 spiro atoms. The molecule has 0 aliphatic carbocycles. The molecule has 28 heavy (non-hydrogen) atoms. The van der Waals surface area contributed by atoms with Crippen molar-refractivity contribution in [1.82, 2.24) is 0 Å². The summed E-state index contributed by atoms with van der Waals surface area (Å²) in [5, 5.41) is 0.778. The third-order valence-electron chi connectivity index (χ3n) is 3.67. The molecule has 1 aliphatic rings. The molecular weight excluding hydrogens is 533 g/mol. The lowest BCUT2D eigenvalue weighted by molar-refractivity contribution is -0.129. The number of hydrogen-bond donors (Lipinski definition) is 0. The quantitative estimate of drug-likeness (QED) is 0.302. The summed E-state index contributed by atoms with van der Waals surface area (Å²) in [6.07, 6.45) is 1.65. The molecule has 0 saturated heterocycles. The molecule has 146 valence electrons. The van der Waals surface area contributed by atoms with Crippen LogP contribution in [0.25, 0.3) is 6.08 Å². The number of carbonyl (C=O) groups is 1. The van der Waals surface area contributed by atoms with Crippen LogP contribution in [0.5, 0.6) is 5.75 Å². The molecule has 8 heteroatoms. The molecule has 1 aliphatic heterocycles. The standard InChI is InChI=1S/C20H15Br2Cl2NO3/c1-10(2)9-27-18-13(21)5-11(6-14(18)22)7-17-20(26)28-19(25-17)12-3-4-15(23)16(24)8-12/h3-8,10H,9H2,1-2H3/b17-7-. The normalized spacial score (nSPS) is 15.2. The van der Waals surface area contributed by atoms with Crippen LogP contribution in [0.3, 0.4) is 0 Å². The first-order chi connectivity index (χ1) is 13.2. The first-order valence-corrected chi connectivity index (χ1v) is 10.7. The number of ether oxygens (including phenoxy) is 2. The second kappa shape index (κ2) is 8.99. The fourth-order valence-electron chi connectivity index (χ4n) is 2.37. The predicted molar refractivity (Wildman–Crippen MR) is 119 cm³/mol. The van der Waals surface area contributed by atoms with Crippen molar-refractivity contribution >= 4 is 73.0 Å². The van der Waals surface area contributed by atoms with E-state index in [2.05, 4.69) is 50.7 Å². The van der Waals surface area contributed by atoms with Crippen molar-refractivity contribution in [3.8, 4) is 5.75 Å². The zero-order chi connectivity index (χ0) is 20.4. The number of carbonyl (C=O) groups excluding carboxylic acids is 1. The highest BCUT2D eigenvalue weighted by Crippen LogP contribution is 2.36. The van der Waals surface area contributed by atoms with E-state index in [1.54, 1.807) is 24.3 Å². The van der Waals surface area contributed by atoms with E-state index in [9.17, 15) is 4.79 Å². The summed E-state index contributed by atoms with van der Waals surface area (Å²) < 4.78 is 12.6. The average Bonchev–Trinajstić information content (AvgIpc) is 2.97. The summed E-state index contributed by atoms with van der Waals surface area (Å²) in [4.78, 5) is 16.5. The van der Waals surface area contributed by atoms with Gasteiger partial charge in [0.2, 0.25) is 5.90 Å². The smallest absolute Gasteiger partial charge is 0.363 e. The van der Waals surface area contributed by atoms with Crippen LogP contribution in [0.15, 0.2) is 50.0 Å². The molecule has 2 aromatic rings. The number of rotatable bonds is 5. The Labute approximate surface area is 189 Å². The van der Waals surface area contributed by atoms with Gasteiger partial charge in [-0.3, -0.25) is 0 Å². The molecule has 0 amide bonds. The number of hydrogen-bond acceptors (Lipinski definition) is 4. The molecular formula is C20H15Br2Cl2NO3. The first-order valence-electron chi connectivity index (χ1n) is 8.34. The molecule has 0 aromatic heterocycles. The average molecular weight is 548 g/mol. The van der Waals surface area contributed by atoms with Gasteiger partial charge in [-0.1, -0.05) is 37.0 Å². The highest BCUT2D eigenvalue weighted by molar-refractivity contribution is 9.11. The largest absolute Gasteiger partial charge is 0.491 e. The van der Waals surface area contributed by atoms with E-state index in [1.807, 2.05) is 12.1 Å². The van der Waals surface area contributed by atoms with Gasteiger partial charge in [0.05, 0.1) is 25.6 Å². The Hall–Kier alpha value is -1.34. The molecule has 2 aromatic carbocycles. The second-order valence-electron chi connectivity index (χ2n) is 6.48. The van der Waals surface area contributed by atoms with Crippen LogP contribution < -0.4 is 4.74 Å². The van der Waals surface area contributed by atoms with Gasteiger partial charge in [-0.15, -0.1) is 0 Å². The summed E-state index contributed by atoms with van der Waals surface area (Å²) in [7, 11) is 0. The summed E-state index contributed by atoms with van der Waals surface area (Å²) >= 11 is 19.0. The van der Waals surface area contributed by atoms with Crippen molar-refractivity contribution in [2.24, 2.45) is 10.9 Å². The summed E-state index contributed by atoms with van der Waals surface area (Å²) in [5.41, 5.74) is 1.53. The van der Waals surface area contributed by atoms with E-state index in [0.29, 0.717) is 33.9 Å². The van der Waals surface area contributed by atoms with Crippen LogP contribution in [-0.4, -0.2) is 18.5 Å². The predicted octanol–water partition coefficient (Wildman–Crippen LogP) is 6.90. The Balaban J connectivity index is 1.89. The van der Waals surface area contributed by atoms with Crippen molar-refractivity contribution in [2.45, 2.75) is 13.8 Å². The zero-order valence-corrected chi connectivity index (χ0v) is 19.6. The number of benzene rings is 2. The third kappa shape index (κ3) is 4.98. The summed E-state index contributed by atoms with van der Waals surface area (Å²) in [5.74, 6) is 0.770. The van der Waals surface area contributed by atoms with Crippen LogP contribution >= 0.6 is 55.1 Å². The third-order valence-corrected chi connectivity index (χ3v) is 5.59. The molecule has 0 N–H and O–H groups in total. The number of aliphatic imine (C=N–C) groups is 1. The molecule has 0 bridgehead atoms. The molecule has 3 rings (SSSR count). The highest BCUT2D eigenvalue weighted by atomic mass is 79.9. The van der Waals surface area contributed by atoms with E-state index in [-0.39, 0.29) is 11.6 Å². The zero-order valence-electron chi connectivity index (χ0n) is 14.9. The Kier molecular flexibility index (Phi) is 6.86. The van der Waals surface area contributed by atoms with Crippen LogP contribution in [0.1, 0.15) is 25.0 Å². The number of halogens is 4. The van der Waals surface area contributed by atoms with Crippen LogP contribution in [0.4, 0.5) is 0 Å². The lowest BCUT2D eigenvalue weighted by atomic mass is 10.2. The van der Waals surface area contributed by atoms with Gasteiger partial charge in [-0.05, 0) is 79.7 Å². The van der Waals surface area contributed by atoms with Crippen LogP contribution in [-0.2, 0) is 9.53 Å². The minimum absolute atomic E-state index is 0.185. The second-order valence-corrected chi connectivity index (χ2v) is 9.01. The maximum atomic E-state index is 12.2. The monoisotopic (exact) mass is 545 g/mol. The molecule has 1 heterocycles. The fraction of sp³-hybridized carbons (Fsp3) is 0.200. The van der Waals surface area contributed by atoms with Gasteiger partial charge < -0.3 is 9.47 Å². The van der Waals surface area contributed by atoms with Crippen molar-refractivity contribution in [2.75, 3.05) is 6.61 Å². The van der Waals surface area contributed by atoms with Gasteiger partial charge in [0.25, 0.3) is 0 Å². The van der Waals surface area contributed by atoms with Gasteiger partial charge in [0, 0.05) is 5.56 Å². The summed E-state index contributed by atoms with van der Waals surface area (Å²) in [6.45, 7) is 4.76. The first kappa shape index (κ1) is 21.4. The SMILES string of the molecule is CC(C)COc1c(Br)cc(/C=C2\N=C(c3ccc(Cl)c(Cl)c3)OC2=O)cc1Br. The van der Waals surface area contributed by atoms with Crippen molar-refractivity contribution in [3.05, 3.63) is 66.1 Å². The van der Waals surface area contributed by atoms with Crippen LogP contribution in [0.2, 0.25) is 10.0 Å². The lowest BCUT2D eigenvalue weighted by Crippen LogP contribution is -2.05. The molecule has 4 nitrogen and oxygen atoms in total. The van der Waals surface area contributed by atoms with Gasteiger partial charge in [0.15, 0.2) is 5.70 Å². The van der Waals surface area contributed by atoms with Crippen molar-refractivity contribution in [3.63, 3.8) is 0 Å². The van der Waals surface area contributed by atoms with Gasteiger partial charge in [-0.2, -0.15) is 0 Å². The number of nitrogens with zero attached hydrogens (tertiary/aromatic N) is 1. The van der Waals surface area contributed by atoms with E-state index < -0.39 is 5.97 Å². The maximum Gasteiger partial charge on any atom is 0.363 e. The minimum atomic E-state index is -0.534. The van der Waals surface area contributed by atoms with Gasteiger partial charge in [-0.25, -0.2) is 9.79 Å². The van der Waals surface area contributed by atoms with Crippen molar-refractivity contribution < 1.29 is 14.3 Å². The molecule has 0 atom stereocenters. The topological polar surface area (TPSA) is 47.9 Å². The lowest BCUT2D eigenvalue weighted by Gasteiger charge is -2.13. The molecule has 0 saturated carbocycles. The molecule has 0 unspecified atom stereocenters. The van der Waals surface area contributed by atoms with Crippen molar-refractivity contribution in [1.29, 1.82) is 0 Å². The van der Waals surface area contributed by atoms with E-state index >= 15 is 0 Å². The molecule has 0 fully saturated rings. The van der Waals surface area contributed by atoms with E-state index in [0.717, 1.165) is 14.5 Å². The Morgan fingerprint density at radius 1 is 1.14 bits per heavy atom. The van der Waals surface area contributed by atoms with E-state index in [4.69, 9.17) is 32.7 Å². The fourth-order valence-corrected chi connectivity index (χ4v) is 4.12. The maximum absolute atomic E-state index is 12.2. The summed E-state index contributed by atoms with van der Waals surface area (Å²) in [6, 6.07) is 8.63. The van der Waals surface area contributed by atoms with E-state index in [1.165, 1.54) is 0 Å². The number of cyclic esters (lactones) is 1. The van der Waals surface area contributed by atoms with Gasteiger partial charge in [0.1, 0.15) is 5.75 Å². The van der Waals surface area contributed by atoms with Crippen LogP contribution in [0, 0.1) is 5.92 Å². The molecule has 0 radical (unpaired) electrons. The number of esters is 1. The Morgan fingerprint density at radius 3 is 2.43 bits per heavy atom. The minimum Gasteiger partial charge on any atom is -0.491 e.